The number of rotatable bonds is 4. The van der Waals surface area contributed by atoms with Gasteiger partial charge >= 0.3 is 0 Å². The number of carbonyl (C=O) groups excluding carboxylic acids is 2. The number of aromatic nitrogens is 1. The fraction of sp³-hybridized carbons (Fsp3) is 0.385. The molecule has 1 aliphatic carbocycles. The van der Waals surface area contributed by atoms with Gasteiger partial charge in [0.25, 0.3) is 5.91 Å². The van der Waals surface area contributed by atoms with E-state index in [1.54, 1.807) is 12.0 Å². The number of aryl methyl sites for hydroxylation is 1. The topological polar surface area (TPSA) is 63.6 Å². The molecule has 0 bridgehead atoms. The minimum Gasteiger partial charge on any atom is -0.497 e. The van der Waals surface area contributed by atoms with E-state index in [4.69, 9.17) is 4.74 Å². The Bertz CT molecular complexity index is 1190. The summed E-state index contributed by atoms with van der Waals surface area (Å²) >= 11 is 0. The van der Waals surface area contributed by atoms with Crippen molar-refractivity contribution in [3.8, 4) is 5.75 Å². The molecule has 32 heavy (non-hydrogen) atoms. The van der Waals surface area contributed by atoms with Crippen LogP contribution in [0.2, 0.25) is 0 Å². The van der Waals surface area contributed by atoms with E-state index < -0.39 is 5.54 Å². The minimum absolute atomic E-state index is 0.103. The Labute approximate surface area is 188 Å². The van der Waals surface area contributed by atoms with Gasteiger partial charge in [-0.3, -0.25) is 14.5 Å². The predicted molar refractivity (Wildman–Crippen MR) is 125 cm³/mol. The van der Waals surface area contributed by atoms with Crippen LogP contribution in [-0.2, 0) is 11.3 Å². The number of nitrogens with one attached hydrogen (secondary N) is 1. The first-order valence-corrected chi connectivity index (χ1v) is 11.3. The van der Waals surface area contributed by atoms with Crippen molar-refractivity contribution in [2.24, 2.45) is 0 Å². The lowest BCUT2D eigenvalue weighted by Gasteiger charge is -2.44. The van der Waals surface area contributed by atoms with Crippen molar-refractivity contribution in [2.75, 3.05) is 12.0 Å². The highest BCUT2D eigenvalue weighted by molar-refractivity contribution is 6.14. The fourth-order valence-corrected chi connectivity index (χ4v) is 5.11. The van der Waals surface area contributed by atoms with Crippen LogP contribution in [0.5, 0.6) is 5.75 Å². The maximum absolute atomic E-state index is 13.9. The summed E-state index contributed by atoms with van der Waals surface area (Å²) in [6.45, 7) is 4.26. The molecule has 6 nitrogen and oxygen atoms in total. The second-order valence-electron chi connectivity index (χ2n) is 9.25. The van der Waals surface area contributed by atoms with Crippen molar-refractivity contribution in [3.05, 3.63) is 59.8 Å². The zero-order valence-electron chi connectivity index (χ0n) is 18.9. The third-order valence-electron chi connectivity index (χ3n) is 6.96. The predicted octanol–water partition coefficient (Wildman–Crippen LogP) is 4.44. The second-order valence-corrected chi connectivity index (χ2v) is 9.25. The zero-order chi connectivity index (χ0) is 22.5. The molecule has 3 aromatic rings. The molecule has 2 amide bonds. The summed E-state index contributed by atoms with van der Waals surface area (Å²) in [6, 6.07) is 15.7. The van der Waals surface area contributed by atoms with Gasteiger partial charge in [0.05, 0.1) is 19.2 Å². The molecular weight excluding hydrogens is 402 g/mol. The summed E-state index contributed by atoms with van der Waals surface area (Å²) < 4.78 is 7.38. The molecule has 2 aromatic carbocycles. The molecule has 6 heteroatoms. The number of hydrogen-bond acceptors (Lipinski definition) is 3. The van der Waals surface area contributed by atoms with Gasteiger partial charge in [0.2, 0.25) is 5.91 Å². The Kier molecular flexibility index (Phi) is 4.96. The SMILES string of the molecule is COc1ccc2cc3n(c2c1)C[C@](C)(C(=O)NC1CCCC1)N(c1ccc(C)cc1)C3=O. The normalized spacial score (nSPS) is 21.1. The molecule has 0 spiro atoms. The molecule has 5 rings (SSSR count). The van der Waals surface area contributed by atoms with Gasteiger partial charge < -0.3 is 14.6 Å². The van der Waals surface area contributed by atoms with Gasteiger partial charge in [0, 0.05) is 23.2 Å². The minimum atomic E-state index is -1.06. The first-order chi connectivity index (χ1) is 15.4. The number of amides is 2. The molecule has 1 aliphatic heterocycles. The maximum Gasteiger partial charge on any atom is 0.275 e. The van der Waals surface area contributed by atoms with Gasteiger partial charge in [0.15, 0.2) is 0 Å². The summed E-state index contributed by atoms with van der Waals surface area (Å²) in [4.78, 5) is 29.3. The van der Waals surface area contributed by atoms with Crippen LogP contribution in [0.1, 0.15) is 48.7 Å². The number of anilines is 1. The first kappa shape index (κ1) is 20.6. The highest BCUT2D eigenvalue weighted by Crippen LogP contribution is 2.37. The molecule has 166 valence electrons. The summed E-state index contributed by atoms with van der Waals surface area (Å²) in [5.74, 6) is 0.456. The van der Waals surface area contributed by atoms with Crippen molar-refractivity contribution >= 4 is 28.4 Å². The lowest BCUT2D eigenvalue weighted by Crippen LogP contribution is -2.65. The number of ether oxygens (including phenoxy) is 1. The quantitative estimate of drug-likeness (QED) is 0.664. The van der Waals surface area contributed by atoms with Crippen molar-refractivity contribution in [1.29, 1.82) is 0 Å². The third kappa shape index (κ3) is 3.25. The fourth-order valence-electron chi connectivity index (χ4n) is 5.11. The number of nitrogens with zero attached hydrogens (tertiary/aromatic N) is 2. The maximum atomic E-state index is 13.9. The lowest BCUT2D eigenvalue weighted by molar-refractivity contribution is -0.127. The van der Waals surface area contributed by atoms with E-state index in [0.29, 0.717) is 12.2 Å². The summed E-state index contributed by atoms with van der Waals surface area (Å²) in [5, 5.41) is 4.20. The molecular formula is C26H29N3O3. The van der Waals surface area contributed by atoms with E-state index in [9.17, 15) is 9.59 Å². The largest absolute Gasteiger partial charge is 0.497 e. The number of hydrogen-bond donors (Lipinski definition) is 1. The highest BCUT2D eigenvalue weighted by Gasteiger charge is 2.49. The smallest absolute Gasteiger partial charge is 0.275 e. The summed E-state index contributed by atoms with van der Waals surface area (Å²) in [6.07, 6.45) is 4.26. The molecule has 2 aliphatic rings. The molecule has 2 heterocycles. The van der Waals surface area contributed by atoms with E-state index in [-0.39, 0.29) is 17.9 Å². The van der Waals surface area contributed by atoms with E-state index in [0.717, 1.165) is 53.6 Å². The number of benzene rings is 2. The average Bonchev–Trinajstić information content (AvgIpc) is 3.42. The average molecular weight is 432 g/mol. The van der Waals surface area contributed by atoms with Gasteiger partial charge in [-0.15, -0.1) is 0 Å². The number of fused-ring (bicyclic) bond motifs is 3. The van der Waals surface area contributed by atoms with E-state index in [1.807, 2.05) is 66.9 Å². The highest BCUT2D eigenvalue weighted by atomic mass is 16.5. The summed E-state index contributed by atoms with van der Waals surface area (Å²) in [5.41, 5.74) is 2.27. The molecule has 0 unspecified atom stereocenters. The molecule has 1 fully saturated rings. The first-order valence-electron chi connectivity index (χ1n) is 11.3. The summed E-state index contributed by atoms with van der Waals surface area (Å²) in [7, 11) is 1.63. The van der Waals surface area contributed by atoms with Crippen LogP contribution in [0.3, 0.4) is 0 Å². The number of methoxy groups -OCH3 is 1. The molecule has 0 radical (unpaired) electrons. The van der Waals surface area contributed by atoms with Crippen molar-refractivity contribution in [1.82, 2.24) is 9.88 Å². The Morgan fingerprint density at radius 1 is 1.09 bits per heavy atom. The van der Waals surface area contributed by atoms with Gasteiger partial charge in [-0.1, -0.05) is 30.5 Å². The van der Waals surface area contributed by atoms with Crippen LogP contribution >= 0.6 is 0 Å². The lowest BCUT2D eigenvalue weighted by atomic mass is 9.93. The Hall–Kier alpha value is -3.28. The van der Waals surface area contributed by atoms with Crippen LogP contribution in [0.15, 0.2) is 48.5 Å². The molecule has 0 saturated heterocycles. The third-order valence-corrected chi connectivity index (χ3v) is 6.96. The Morgan fingerprint density at radius 2 is 1.81 bits per heavy atom. The van der Waals surface area contributed by atoms with Crippen molar-refractivity contribution in [2.45, 2.75) is 57.7 Å². The van der Waals surface area contributed by atoms with E-state index in [2.05, 4.69) is 5.32 Å². The van der Waals surface area contributed by atoms with Crippen LogP contribution in [0.25, 0.3) is 10.9 Å². The van der Waals surface area contributed by atoms with Crippen LogP contribution in [0.4, 0.5) is 5.69 Å². The standard InChI is InChI=1S/C26H29N3O3/c1-17-8-11-20(12-9-17)29-24(30)23-14-18-10-13-21(32-3)15-22(18)28(23)16-26(29,2)25(31)27-19-6-4-5-7-19/h8-15,19H,4-7,16H2,1-3H3,(H,27,31)/t26-/m1/s1. The second kappa shape index (κ2) is 7.69. The van der Waals surface area contributed by atoms with Crippen LogP contribution < -0.4 is 15.0 Å². The van der Waals surface area contributed by atoms with Gasteiger partial charge in [-0.2, -0.15) is 0 Å². The monoisotopic (exact) mass is 431 g/mol. The van der Waals surface area contributed by atoms with Gasteiger partial charge in [0.1, 0.15) is 17.0 Å². The van der Waals surface area contributed by atoms with E-state index >= 15 is 0 Å². The van der Waals surface area contributed by atoms with Crippen molar-refractivity contribution < 1.29 is 14.3 Å². The zero-order valence-corrected chi connectivity index (χ0v) is 18.9. The van der Waals surface area contributed by atoms with Crippen LogP contribution in [-0.4, -0.2) is 35.1 Å². The Morgan fingerprint density at radius 3 is 2.50 bits per heavy atom. The molecule has 1 aromatic heterocycles. The van der Waals surface area contributed by atoms with Gasteiger partial charge in [-0.25, -0.2) is 0 Å². The molecule has 1 saturated carbocycles. The van der Waals surface area contributed by atoms with Gasteiger partial charge in [-0.05, 0) is 57.0 Å². The van der Waals surface area contributed by atoms with Crippen LogP contribution in [0, 0.1) is 6.92 Å². The Balaban J connectivity index is 1.64. The van der Waals surface area contributed by atoms with Crippen molar-refractivity contribution in [3.63, 3.8) is 0 Å². The number of carbonyl (C=O) groups is 2. The molecule has 1 atom stereocenters. The molecule has 1 N–H and O–H groups in total. The van der Waals surface area contributed by atoms with E-state index in [1.165, 1.54) is 0 Å².